The van der Waals surface area contributed by atoms with E-state index in [1.165, 1.54) is 25.0 Å². The predicted molar refractivity (Wildman–Crippen MR) is 82.1 cm³/mol. The highest BCUT2D eigenvalue weighted by atomic mass is 16.6. The van der Waals surface area contributed by atoms with Crippen LogP contribution in [0.1, 0.15) is 44.8 Å². The number of nitrogens with zero attached hydrogens (tertiary/aromatic N) is 2. The van der Waals surface area contributed by atoms with E-state index in [9.17, 15) is 15.2 Å². The van der Waals surface area contributed by atoms with Crippen molar-refractivity contribution in [2.24, 2.45) is 5.92 Å². The summed E-state index contributed by atoms with van der Waals surface area (Å²) in [5, 5.41) is 21.2. The molecular formula is C16H24N2O3. The van der Waals surface area contributed by atoms with Crippen molar-refractivity contribution in [3.8, 4) is 0 Å². The number of β-amino-alcohol motifs (C(OH)–C–C–N with tert-alkyl or cyclic N) is 1. The Hall–Kier alpha value is -1.46. The summed E-state index contributed by atoms with van der Waals surface area (Å²) in [6.07, 6.45) is 2.82. The number of rotatable bonds is 6. The third kappa shape index (κ3) is 4.25. The molecular weight excluding hydrogens is 268 g/mol. The van der Waals surface area contributed by atoms with E-state index in [-0.39, 0.29) is 5.69 Å². The first kappa shape index (κ1) is 15.9. The number of aliphatic hydroxyl groups is 1. The molecule has 116 valence electrons. The summed E-state index contributed by atoms with van der Waals surface area (Å²) in [6.45, 7) is 5.99. The van der Waals surface area contributed by atoms with Crippen LogP contribution in [0.15, 0.2) is 24.3 Å². The highest BCUT2D eigenvalue weighted by Gasteiger charge is 2.27. The molecule has 2 atom stereocenters. The molecule has 5 heteroatoms. The Morgan fingerprint density at radius 3 is 2.90 bits per heavy atom. The molecule has 1 N–H and O–H groups in total. The number of benzene rings is 1. The normalized spacial score (nSPS) is 20.9. The lowest BCUT2D eigenvalue weighted by Crippen LogP contribution is -2.34. The molecule has 0 aromatic heterocycles. The van der Waals surface area contributed by atoms with Gasteiger partial charge in [-0.05, 0) is 37.3 Å². The average Bonchev–Trinajstić information content (AvgIpc) is 2.85. The zero-order chi connectivity index (χ0) is 15.4. The Bertz CT molecular complexity index is 490. The molecule has 1 heterocycles. The first-order valence-corrected chi connectivity index (χ1v) is 7.64. The second kappa shape index (κ2) is 7.00. The predicted octanol–water partition coefficient (Wildman–Crippen LogP) is 3.14. The molecule has 0 amide bonds. The number of hydrogen-bond acceptors (Lipinski definition) is 4. The molecule has 21 heavy (non-hydrogen) atoms. The number of nitro benzene ring substituents is 1. The van der Waals surface area contributed by atoms with Gasteiger partial charge in [0.1, 0.15) is 0 Å². The maximum atomic E-state index is 10.8. The molecule has 2 rings (SSSR count). The minimum Gasteiger partial charge on any atom is -0.387 e. The van der Waals surface area contributed by atoms with Crippen LogP contribution in [0.4, 0.5) is 5.69 Å². The van der Waals surface area contributed by atoms with Crippen LogP contribution in [0.3, 0.4) is 0 Å². The summed E-state index contributed by atoms with van der Waals surface area (Å²) in [5.41, 5.74) is 0.658. The fourth-order valence-corrected chi connectivity index (χ4v) is 3.12. The topological polar surface area (TPSA) is 66.6 Å². The van der Waals surface area contributed by atoms with Crippen LogP contribution in [0.25, 0.3) is 0 Å². The Labute approximate surface area is 125 Å². The molecule has 0 saturated carbocycles. The lowest BCUT2D eigenvalue weighted by molar-refractivity contribution is -0.385. The summed E-state index contributed by atoms with van der Waals surface area (Å²) in [4.78, 5) is 12.7. The van der Waals surface area contributed by atoms with Gasteiger partial charge in [0, 0.05) is 24.7 Å². The lowest BCUT2D eigenvalue weighted by Gasteiger charge is -2.28. The Morgan fingerprint density at radius 1 is 1.48 bits per heavy atom. The van der Waals surface area contributed by atoms with Crippen LogP contribution in [0, 0.1) is 16.0 Å². The highest BCUT2D eigenvalue weighted by molar-refractivity contribution is 5.35. The van der Waals surface area contributed by atoms with Crippen molar-refractivity contribution in [2.45, 2.75) is 45.3 Å². The maximum Gasteiger partial charge on any atom is 0.269 e. The molecule has 1 aromatic rings. The van der Waals surface area contributed by atoms with Gasteiger partial charge in [-0.2, -0.15) is 0 Å². The number of non-ortho nitro benzene ring substituents is 1. The zero-order valence-corrected chi connectivity index (χ0v) is 12.7. The molecule has 0 spiro atoms. The molecule has 5 nitrogen and oxygen atoms in total. The second-order valence-corrected chi connectivity index (χ2v) is 6.29. The van der Waals surface area contributed by atoms with Gasteiger partial charge >= 0.3 is 0 Å². The summed E-state index contributed by atoms with van der Waals surface area (Å²) in [7, 11) is 0. The monoisotopic (exact) mass is 292 g/mol. The summed E-state index contributed by atoms with van der Waals surface area (Å²) in [6, 6.07) is 6.84. The number of hydrogen-bond donors (Lipinski definition) is 1. The van der Waals surface area contributed by atoms with Gasteiger partial charge in [-0.15, -0.1) is 0 Å². The fraction of sp³-hybridized carbons (Fsp3) is 0.625. The molecule has 1 aromatic carbocycles. The first-order valence-electron chi connectivity index (χ1n) is 7.64. The van der Waals surface area contributed by atoms with E-state index in [0.29, 0.717) is 24.1 Å². The van der Waals surface area contributed by atoms with Crippen LogP contribution in [-0.4, -0.2) is 34.1 Å². The summed E-state index contributed by atoms with van der Waals surface area (Å²) in [5.74, 6) is 0.644. The third-order valence-electron chi connectivity index (χ3n) is 4.12. The van der Waals surface area contributed by atoms with E-state index in [4.69, 9.17) is 0 Å². The van der Waals surface area contributed by atoms with Gasteiger partial charge in [-0.25, -0.2) is 0 Å². The first-order chi connectivity index (χ1) is 9.97. The van der Waals surface area contributed by atoms with E-state index in [2.05, 4.69) is 18.7 Å². The molecule has 2 unspecified atom stereocenters. The average molecular weight is 292 g/mol. The quantitative estimate of drug-likeness (QED) is 0.646. The number of likely N-dealkylation sites (tertiary alicyclic amines) is 1. The largest absolute Gasteiger partial charge is 0.387 e. The van der Waals surface area contributed by atoms with E-state index in [1.54, 1.807) is 12.1 Å². The second-order valence-electron chi connectivity index (χ2n) is 6.29. The van der Waals surface area contributed by atoms with Gasteiger partial charge in [-0.3, -0.25) is 15.0 Å². The molecule has 0 aliphatic carbocycles. The van der Waals surface area contributed by atoms with Gasteiger partial charge in [0.2, 0.25) is 0 Å². The van der Waals surface area contributed by atoms with Crippen molar-refractivity contribution < 1.29 is 10.0 Å². The molecule has 1 saturated heterocycles. The highest BCUT2D eigenvalue weighted by Crippen LogP contribution is 2.27. The van der Waals surface area contributed by atoms with Crippen LogP contribution in [-0.2, 0) is 0 Å². The van der Waals surface area contributed by atoms with Crippen molar-refractivity contribution in [3.63, 3.8) is 0 Å². The van der Waals surface area contributed by atoms with Crippen molar-refractivity contribution in [3.05, 3.63) is 39.9 Å². The lowest BCUT2D eigenvalue weighted by atomic mass is 10.0. The molecule has 1 aliphatic rings. The van der Waals surface area contributed by atoms with E-state index >= 15 is 0 Å². The van der Waals surface area contributed by atoms with E-state index in [1.807, 2.05) is 0 Å². The summed E-state index contributed by atoms with van der Waals surface area (Å²) >= 11 is 0. The van der Waals surface area contributed by atoms with Crippen molar-refractivity contribution in [1.82, 2.24) is 4.90 Å². The van der Waals surface area contributed by atoms with Crippen molar-refractivity contribution in [1.29, 1.82) is 0 Å². The molecule has 0 bridgehead atoms. The fourth-order valence-electron chi connectivity index (χ4n) is 3.12. The smallest absolute Gasteiger partial charge is 0.269 e. The molecule has 1 aliphatic heterocycles. The Kier molecular flexibility index (Phi) is 5.31. The van der Waals surface area contributed by atoms with Gasteiger partial charge in [0.15, 0.2) is 0 Å². The Morgan fingerprint density at radius 2 is 2.24 bits per heavy atom. The van der Waals surface area contributed by atoms with Crippen LogP contribution in [0.2, 0.25) is 0 Å². The SMILES string of the molecule is CC(C)CC1CCCN1CC(O)c1cccc([N+](=O)[O-])c1. The molecule has 0 radical (unpaired) electrons. The zero-order valence-electron chi connectivity index (χ0n) is 12.7. The van der Waals surface area contributed by atoms with Gasteiger partial charge in [0.25, 0.3) is 5.69 Å². The Balaban J connectivity index is 2.01. The minimum atomic E-state index is -0.669. The van der Waals surface area contributed by atoms with Crippen LogP contribution in [0.5, 0.6) is 0 Å². The summed E-state index contributed by atoms with van der Waals surface area (Å²) < 4.78 is 0. The van der Waals surface area contributed by atoms with Gasteiger partial charge in [-0.1, -0.05) is 26.0 Å². The van der Waals surface area contributed by atoms with Gasteiger partial charge < -0.3 is 5.11 Å². The molecule has 1 fully saturated rings. The standard InChI is InChI=1S/C16H24N2O3/c1-12(2)9-14-7-4-8-17(14)11-16(19)13-5-3-6-15(10-13)18(20)21/h3,5-6,10,12,14,16,19H,4,7-9,11H2,1-2H3. The van der Waals surface area contributed by atoms with Crippen LogP contribution < -0.4 is 0 Å². The minimum absolute atomic E-state index is 0.0340. The number of nitro groups is 1. The van der Waals surface area contributed by atoms with Crippen LogP contribution >= 0.6 is 0 Å². The van der Waals surface area contributed by atoms with E-state index in [0.717, 1.165) is 13.0 Å². The maximum absolute atomic E-state index is 10.8. The van der Waals surface area contributed by atoms with Gasteiger partial charge in [0.05, 0.1) is 11.0 Å². The van der Waals surface area contributed by atoms with E-state index < -0.39 is 11.0 Å². The third-order valence-corrected chi connectivity index (χ3v) is 4.12. The van der Waals surface area contributed by atoms with Crippen molar-refractivity contribution in [2.75, 3.05) is 13.1 Å². The van der Waals surface area contributed by atoms with Crippen molar-refractivity contribution >= 4 is 5.69 Å². The number of aliphatic hydroxyl groups excluding tert-OH is 1.